The van der Waals surface area contributed by atoms with E-state index in [1.807, 2.05) is 12.1 Å². The summed E-state index contributed by atoms with van der Waals surface area (Å²) >= 11 is 0. The molecule has 0 spiro atoms. The van der Waals surface area contributed by atoms with Crippen molar-refractivity contribution >= 4 is 18.1 Å². The van der Waals surface area contributed by atoms with Crippen LogP contribution in [-0.2, 0) is 0 Å². The lowest BCUT2D eigenvalue weighted by Gasteiger charge is -2.38. The van der Waals surface area contributed by atoms with Crippen LogP contribution in [0.1, 0.15) is 44.5 Å². The maximum atomic E-state index is 10.9. The summed E-state index contributed by atoms with van der Waals surface area (Å²) in [5.41, 5.74) is 1.98. The number of carboxylic acid groups (broad SMARTS) is 1. The fourth-order valence-corrected chi connectivity index (χ4v) is 3.10. The summed E-state index contributed by atoms with van der Waals surface area (Å²) in [5, 5.41) is 9.17. The highest BCUT2D eigenvalue weighted by atomic mass is 16.4. The maximum absolute atomic E-state index is 10.9. The number of carboxylic acids is 1. The molecule has 1 aromatic rings. The van der Waals surface area contributed by atoms with E-state index < -0.39 is 5.97 Å². The van der Waals surface area contributed by atoms with Gasteiger partial charge in [0.25, 0.3) is 0 Å². The Hall–Kier alpha value is -1.25. The van der Waals surface area contributed by atoms with Gasteiger partial charge in [0.05, 0.1) is 5.56 Å². The minimum Gasteiger partial charge on any atom is -0.478 e. The van der Waals surface area contributed by atoms with Crippen molar-refractivity contribution in [3.63, 3.8) is 0 Å². The molecule has 0 bridgehead atoms. The van der Waals surface area contributed by atoms with Crippen LogP contribution in [-0.4, -0.2) is 17.8 Å². The first-order chi connectivity index (χ1) is 8.25. The first kappa shape index (κ1) is 13.2. The lowest BCUT2D eigenvalue weighted by Crippen LogP contribution is -2.40. The molecule has 0 aromatic heterocycles. The molecule has 0 radical (unpaired) electrons. The van der Waals surface area contributed by atoms with E-state index in [9.17, 15) is 4.79 Å². The predicted molar refractivity (Wildman–Crippen MR) is 76.0 cm³/mol. The molecule has 0 amide bonds. The Bertz CT molecular complexity index is 460. The van der Waals surface area contributed by atoms with Gasteiger partial charge in [-0.1, -0.05) is 58.0 Å². The highest BCUT2D eigenvalue weighted by Gasteiger charge is 2.50. The van der Waals surface area contributed by atoms with Crippen molar-refractivity contribution in [1.82, 2.24) is 0 Å². The van der Waals surface area contributed by atoms with Gasteiger partial charge in [0.2, 0.25) is 0 Å². The van der Waals surface area contributed by atoms with E-state index in [-0.39, 0.29) is 5.31 Å². The molecule has 1 aromatic carbocycles. The van der Waals surface area contributed by atoms with Crippen LogP contribution in [0.25, 0.3) is 0 Å². The number of hydrogen-bond acceptors (Lipinski definition) is 1. The summed E-state index contributed by atoms with van der Waals surface area (Å²) in [6.07, 6.45) is 2.41. The van der Waals surface area contributed by atoms with Gasteiger partial charge in [-0.15, -0.1) is 0 Å². The standard InChI is InChI=1S/C15H21BO2/c1-14(2)9-10-16(15(14,3)4)12-7-5-11(6-8-12)13(17)18/h5-8H,9-10H2,1-4H3,(H,17,18). The van der Waals surface area contributed by atoms with Crippen LogP contribution in [0.5, 0.6) is 0 Å². The first-order valence-corrected chi connectivity index (χ1v) is 6.59. The van der Waals surface area contributed by atoms with Crippen LogP contribution in [0.3, 0.4) is 0 Å². The minimum atomic E-state index is -0.854. The Balaban J connectivity index is 2.31. The monoisotopic (exact) mass is 244 g/mol. The third-order valence-corrected chi connectivity index (χ3v) is 5.23. The molecule has 18 heavy (non-hydrogen) atoms. The Morgan fingerprint density at radius 2 is 1.72 bits per heavy atom. The summed E-state index contributed by atoms with van der Waals surface area (Å²) in [6, 6.07) is 7.41. The molecule has 1 fully saturated rings. The first-order valence-electron chi connectivity index (χ1n) is 6.59. The molecule has 1 saturated heterocycles. The van der Waals surface area contributed by atoms with Gasteiger partial charge in [0, 0.05) is 0 Å². The van der Waals surface area contributed by atoms with Crippen LogP contribution in [0.4, 0.5) is 0 Å². The van der Waals surface area contributed by atoms with Gasteiger partial charge in [-0.3, -0.25) is 0 Å². The summed E-state index contributed by atoms with van der Waals surface area (Å²) in [7, 11) is 0. The van der Waals surface area contributed by atoms with Crippen LogP contribution >= 0.6 is 0 Å². The van der Waals surface area contributed by atoms with Gasteiger partial charge < -0.3 is 5.11 Å². The molecule has 3 heteroatoms. The van der Waals surface area contributed by atoms with Crippen molar-refractivity contribution < 1.29 is 9.90 Å². The van der Waals surface area contributed by atoms with E-state index in [0.29, 0.717) is 17.7 Å². The predicted octanol–water partition coefficient (Wildman–Crippen LogP) is 3.30. The SMILES string of the molecule is CC1(C)CCB(c2ccc(C(=O)O)cc2)C1(C)C. The number of benzene rings is 1. The fourth-order valence-electron chi connectivity index (χ4n) is 3.10. The second-order valence-corrected chi connectivity index (χ2v) is 6.62. The molecule has 2 nitrogen and oxygen atoms in total. The van der Waals surface area contributed by atoms with Gasteiger partial charge in [0.15, 0.2) is 6.71 Å². The van der Waals surface area contributed by atoms with E-state index in [1.165, 1.54) is 18.2 Å². The van der Waals surface area contributed by atoms with Gasteiger partial charge in [-0.05, 0) is 22.9 Å². The van der Waals surface area contributed by atoms with Crippen LogP contribution < -0.4 is 5.46 Å². The third kappa shape index (κ3) is 1.96. The molecular weight excluding hydrogens is 223 g/mol. The van der Waals surface area contributed by atoms with E-state index in [1.54, 1.807) is 12.1 Å². The second-order valence-electron chi connectivity index (χ2n) is 6.62. The Kier molecular flexibility index (Phi) is 3.04. The van der Waals surface area contributed by atoms with E-state index >= 15 is 0 Å². The average Bonchev–Trinajstić information content (AvgIpc) is 2.49. The molecule has 0 atom stereocenters. The number of hydrogen-bond donors (Lipinski definition) is 1. The molecular formula is C15H21BO2. The maximum Gasteiger partial charge on any atom is 0.335 e. The molecule has 0 unspecified atom stereocenters. The van der Waals surface area contributed by atoms with Crippen molar-refractivity contribution in [2.24, 2.45) is 5.41 Å². The number of rotatable bonds is 2. The topological polar surface area (TPSA) is 37.3 Å². The highest BCUT2D eigenvalue weighted by Crippen LogP contribution is 2.56. The zero-order valence-corrected chi connectivity index (χ0v) is 11.7. The fraction of sp³-hybridized carbons (Fsp3) is 0.533. The van der Waals surface area contributed by atoms with Crippen molar-refractivity contribution in [3.8, 4) is 0 Å². The van der Waals surface area contributed by atoms with Crippen LogP contribution in [0.15, 0.2) is 24.3 Å². The molecule has 1 aliphatic heterocycles. The van der Waals surface area contributed by atoms with Crippen molar-refractivity contribution in [1.29, 1.82) is 0 Å². The summed E-state index contributed by atoms with van der Waals surface area (Å²) < 4.78 is 0. The van der Waals surface area contributed by atoms with Crippen molar-refractivity contribution in [3.05, 3.63) is 29.8 Å². The van der Waals surface area contributed by atoms with Crippen LogP contribution in [0, 0.1) is 5.41 Å². The minimum absolute atomic E-state index is 0.248. The smallest absolute Gasteiger partial charge is 0.335 e. The van der Waals surface area contributed by atoms with Gasteiger partial charge in [0.1, 0.15) is 0 Å². The molecule has 0 saturated carbocycles. The number of carbonyl (C=O) groups is 1. The Labute approximate surface area is 109 Å². The lowest BCUT2D eigenvalue weighted by atomic mass is 9.30. The van der Waals surface area contributed by atoms with Crippen molar-refractivity contribution in [2.45, 2.75) is 45.8 Å². The molecule has 2 rings (SSSR count). The summed E-state index contributed by atoms with van der Waals surface area (Å²) in [4.78, 5) is 10.9. The second kappa shape index (κ2) is 4.15. The van der Waals surface area contributed by atoms with Gasteiger partial charge in [-0.25, -0.2) is 4.79 Å². The van der Waals surface area contributed by atoms with Gasteiger partial charge in [-0.2, -0.15) is 0 Å². The van der Waals surface area contributed by atoms with Gasteiger partial charge >= 0.3 is 5.97 Å². The average molecular weight is 244 g/mol. The molecule has 0 aliphatic carbocycles. The zero-order valence-electron chi connectivity index (χ0n) is 11.7. The molecule has 1 N–H and O–H groups in total. The molecule has 1 aliphatic rings. The normalized spacial score (nSPS) is 21.0. The Morgan fingerprint density at radius 3 is 2.11 bits per heavy atom. The van der Waals surface area contributed by atoms with E-state index in [2.05, 4.69) is 27.7 Å². The lowest BCUT2D eigenvalue weighted by molar-refractivity contribution is 0.0697. The summed E-state index contributed by atoms with van der Waals surface area (Å²) in [5.74, 6) is -0.854. The van der Waals surface area contributed by atoms with E-state index in [0.717, 1.165) is 0 Å². The largest absolute Gasteiger partial charge is 0.478 e. The highest BCUT2D eigenvalue weighted by molar-refractivity contribution is 6.76. The Morgan fingerprint density at radius 1 is 1.17 bits per heavy atom. The zero-order chi connectivity index (χ0) is 13.6. The molecule has 1 heterocycles. The molecule has 96 valence electrons. The van der Waals surface area contributed by atoms with Crippen LogP contribution in [0.2, 0.25) is 11.6 Å². The number of aromatic carboxylic acids is 1. The summed E-state index contributed by atoms with van der Waals surface area (Å²) in [6.45, 7) is 9.85. The quantitative estimate of drug-likeness (QED) is 0.810. The van der Waals surface area contributed by atoms with E-state index in [4.69, 9.17) is 5.11 Å². The third-order valence-electron chi connectivity index (χ3n) is 5.23. The van der Waals surface area contributed by atoms with Crippen molar-refractivity contribution in [2.75, 3.05) is 0 Å².